The number of sulfonamides is 1. The molecule has 0 unspecified atom stereocenters. The highest BCUT2D eigenvalue weighted by Crippen LogP contribution is 2.19. The van der Waals surface area contributed by atoms with Gasteiger partial charge in [-0.1, -0.05) is 6.07 Å². The summed E-state index contributed by atoms with van der Waals surface area (Å²) in [6.07, 6.45) is 2.84. The standard InChI is InChI=1S/C16H17N3O5S/c1-11-5-6-13(8-14(11)25(22,23)17-2)19-15(20)10-24-16(21)12-4-3-7-18-9-12/h3-9,17H,10H2,1-2H3,(H,19,20). The number of nitrogens with one attached hydrogen (secondary N) is 2. The Morgan fingerprint density at radius 2 is 2.00 bits per heavy atom. The smallest absolute Gasteiger partial charge is 0.340 e. The highest BCUT2D eigenvalue weighted by Gasteiger charge is 2.16. The molecule has 8 nitrogen and oxygen atoms in total. The summed E-state index contributed by atoms with van der Waals surface area (Å²) < 4.78 is 31.0. The van der Waals surface area contributed by atoms with Gasteiger partial charge in [0.25, 0.3) is 5.91 Å². The maximum absolute atomic E-state index is 11.9. The van der Waals surface area contributed by atoms with Crippen molar-refractivity contribution in [2.45, 2.75) is 11.8 Å². The molecule has 9 heteroatoms. The predicted molar refractivity (Wildman–Crippen MR) is 90.6 cm³/mol. The van der Waals surface area contributed by atoms with Crippen molar-refractivity contribution in [1.29, 1.82) is 0 Å². The van der Waals surface area contributed by atoms with Crippen molar-refractivity contribution in [3.8, 4) is 0 Å². The zero-order valence-electron chi connectivity index (χ0n) is 13.6. The van der Waals surface area contributed by atoms with Crippen LogP contribution in [-0.4, -0.2) is 38.9 Å². The van der Waals surface area contributed by atoms with Crippen LogP contribution in [0.15, 0.2) is 47.6 Å². The average Bonchev–Trinajstić information content (AvgIpc) is 2.62. The van der Waals surface area contributed by atoms with E-state index in [4.69, 9.17) is 4.74 Å². The van der Waals surface area contributed by atoms with Gasteiger partial charge in [0.1, 0.15) is 0 Å². The quantitative estimate of drug-likeness (QED) is 0.743. The van der Waals surface area contributed by atoms with E-state index in [2.05, 4.69) is 15.0 Å². The molecule has 1 aromatic carbocycles. The first kappa shape index (κ1) is 18.6. The lowest BCUT2D eigenvalue weighted by Gasteiger charge is -2.10. The topological polar surface area (TPSA) is 114 Å². The van der Waals surface area contributed by atoms with Gasteiger partial charge < -0.3 is 10.1 Å². The number of aryl methyl sites for hydroxylation is 1. The van der Waals surface area contributed by atoms with Crippen LogP contribution in [0.4, 0.5) is 5.69 Å². The Morgan fingerprint density at radius 1 is 1.24 bits per heavy atom. The van der Waals surface area contributed by atoms with Gasteiger partial charge in [-0.2, -0.15) is 0 Å². The minimum atomic E-state index is -3.64. The third-order valence-corrected chi connectivity index (χ3v) is 4.82. The number of hydrogen-bond acceptors (Lipinski definition) is 6. The lowest BCUT2D eigenvalue weighted by molar-refractivity contribution is -0.119. The second-order valence-corrected chi connectivity index (χ2v) is 6.91. The lowest BCUT2D eigenvalue weighted by atomic mass is 10.2. The van der Waals surface area contributed by atoms with Gasteiger partial charge in [0.2, 0.25) is 10.0 Å². The fraction of sp³-hybridized carbons (Fsp3) is 0.188. The summed E-state index contributed by atoms with van der Waals surface area (Å²) in [7, 11) is -2.34. The number of esters is 1. The van der Waals surface area contributed by atoms with Crippen LogP contribution < -0.4 is 10.0 Å². The number of aromatic nitrogens is 1. The molecule has 0 bridgehead atoms. The zero-order chi connectivity index (χ0) is 18.4. The van der Waals surface area contributed by atoms with Crippen LogP contribution in [0, 0.1) is 6.92 Å². The molecule has 0 fully saturated rings. The molecule has 0 radical (unpaired) electrons. The van der Waals surface area contributed by atoms with E-state index in [1.165, 1.54) is 31.6 Å². The largest absolute Gasteiger partial charge is 0.452 e. The van der Waals surface area contributed by atoms with E-state index in [0.29, 0.717) is 5.56 Å². The molecular formula is C16H17N3O5S. The molecule has 0 aliphatic rings. The van der Waals surface area contributed by atoms with Crippen LogP contribution in [0.2, 0.25) is 0 Å². The zero-order valence-corrected chi connectivity index (χ0v) is 14.5. The summed E-state index contributed by atoms with van der Waals surface area (Å²) >= 11 is 0. The van der Waals surface area contributed by atoms with E-state index in [1.807, 2.05) is 0 Å². The van der Waals surface area contributed by atoms with Crippen LogP contribution in [0.1, 0.15) is 15.9 Å². The number of hydrogen-bond donors (Lipinski definition) is 2. The number of pyridine rings is 1. The minimum absolute atomic E-state index is 0.0557. The third kappa shape index (κ3) is 4.85. The SMILES string of the molecule is CNS(=O)(=O)c1cc(NC(=O)COC(=O)c2cccnc2)ccc1C. The Kier molecular flexibility index (Phi) is 5.84. The Labute approximate surface area is 145 Å². The first-order valence-electron chi connectivity index (χ1n) is 7.24. The van der Waals surface area contributed by atoms with Crippen molar-refractivity contribution in [3.63, 3.8) is 0 Å². The Bertz CT molecular complexity index is 882. The van der Waals surface area contributed by atoms with Gasteiger partial charge in [0.15, 0.2) is 6.61 Å². The van der Waals surface area contributed by atoms with Gasteiger partial charge in [-0.25, -0.2) is 17.9 Å². The van der Waals surface area contributed by atoms with Gasteiger partial charge in [-0.15, -0.1) is 0 Å². The van der Waals surface area contributed by atoms with E-state index in [0.717, 1.165) is 0 Å². The van der Waals surface area contributed by atoms with Crippen molar-refractivity contribution in [3.05, 3.63) is 53.9 Å². The van der Waals surface area contributed by atoms with Gasteiger partial charge in [0.05, 0.1) is 10.5 Å². The highest BCUT2D eigenvalue weighted by molar-refractivity contribution is 7.89. The third-order valence-electron chi connectivity index (χ3n) is 3.26. The van der Waals surface area contributed by atoms with Gasteiger partial charge in [0, 0.05) is 18.1 Å². The number of benzene rings is 1. The molecule has 0 spiro atoms. The van der Waals surface area contributed by atoms with Crippen molar-refractivity contribution in [2.24, 2.45) is 0 Å². The predicted octanol–water partition coefficient (Wildman–Crippen LogP) is 1.09. The molecule has 1 heterocycles. The molecular weight excluding hydrogens is 346 g/mol. The second kappa shape index (κ2) is 7.86. The molecule has 0 saturated carbocycles. The molecule has 132 valence electrons. The van der Waals surface area contributed by atoms with E-state index in [9.17, 15) is 18.0 Å². The molecule has 25 heavy (non-hydrogen) atoms. The molecule has 0 aliphatic carbocycles. The summed E-state index contributed by atoms with van der Waals surface area (Å²) in [5.41, 5.74) is 1.05. The summed E-state index contributed by atoms with van der Waals surface area (Å²) in [6.45, 7) is 1.14. The Hall–Kier alpha value is -2.78. The van der Waals surface area contributed by atoms with Gasteiger partial charge in [-0.3, -0.25) is 9.78 Å². The number of amides is 1. The summed E-state index contributed by atoms with van der Waals surface area (Å²) in [5, 5.41) is 2.49. The van der Waals surface area contributed by atoms with Crippen LogP contribution in [0.25, 0.3) is 0 Å². The summed E-state index contributed by atoms with van der Waals surface area (Å²) in [4.78, 5) is 27.5. The Morgan fingerprint density at radius 3 is 2.64 bits per heavy atom. The fourth-order valence-electron chi connectivity index (χ4n) is 1.97. The van der Waals surface area contributed by atoms with E-state index >= 15 is 0 Å². The van der Waals surface area contributed by atoms with Crippen LogP contribution in [0.5, 0.6) is 0 Å². The lowest BCUT2D eigenvalue weighted by Crippen LogP contribution is -2.22. The maximum atomic E-state index is 11.9. The summed E-state index contributed by atoms with van der Waals surface area (Å²) in [6, 6.07) is 7.56. The molecule has 0 aliphatic heterocycles. The van der Waals surface area contributed by atoms with E-state index in [-0.39, 0.29) is 16.1 Å². The normalized spacial score (nSPS) is 11.0. The molecule has 2 aromatic rings. The molecule has 0 atom stereocenters. The number of nitrogens with zero attached hydrogens (tertiary/aromatic N) is 1. The van der Waals surface area contributed by atoms with Crippen molar-refractivity contribution in [2.75, 3.05) is 19.0 Å². The first-order chi connectivity index (χ1) is 11.8. The minimum Gasteiger partial charge on any atom is -0.452 e. The van der Waals surface area contributed by atoms with Crippen LogP contribution in [-0.2, 0) is 19.6 Å². The molecule has 1 aromatic heterocycles. The van der Waals surface area contributed by atoms with Crippen LogP contribution >= 0.6 is 0 Å². The highest BCUT2D eigenvalue weighted by atomic mass is 32.2. The average molecular weight is 363 g/mol. The first-order valence-corrected chi connectivity index (χ1v) is 8.73. The van der Waals surface area contributed by atoms with E-state index < -0.39 is 28.5 Å². The van der Waals surface area contributed by atoms with Gasteiger partial charge in [-0.05, 0) is 43.8 Å². The van der Waals surface area contributed by atoms with Crippen molar-refractivity contribution >= 4 is 27.6 Å². The number of ether oxygens (including phenoxy) is 1. The van der Waals surface area contributed by atoms with Crippen molar-refractivity contribution < 1.29 is 22.7 Å². The maximum Gasteiger partial charge on any atom is 0.340 e. The monoisotopic (exact) mass is 363 g/mol. The molecule has 2 rings (SSSR count). The number of carbonyl (C=O) groups is 2. The fourth-order valence-corrected chi connectivity index (χ4v) is 2.97. The number of rotatable bonds is 6. The number of carbonyl (C=O) groups excluding carboxylic acids is 2. The van der Waals surface area contributed by atoms with Crippen molar-refractivity contribution in [1.82, 2.24) is 9.71 Å². The molecule has 1 amide bonds. The number of anilines is 1. The van der Waals surface area contributed by atoms with Gasteiger partial charge >= 0.3 is 5.97 Å². The molecule has 2 N–H and O–H groups in total. The summed E-state index contributed by atoms with van der Waals surface area (Å²) in [5.74, 6) is -1.26. The van der Waals surface area contributed by atoms with Crippen LogP contribution in [0.3, 0.4) is 0 Å². The van der Waals surface area contributed by atoms with E-state index in [1.54, 1.807) is 25.1 Å². The molecule has 0 saturated heterocycles. The second-order valence-electron chi connectivity index (χ2n) is 5.05. The Balaban J connectivity index is 2.01.